The van der Waals surface area contributed by atoms with E-state index in [4.69, 9.17) is 4.74 Å². The molecule has 5 nitrogen and oxygen atoms in total. The summed E-state index contributed by atoms with van der Waals surface area (Å²) in [4.78, 5) is 18.4. The van der Waals surface area contributed by atoms with Crippen molar-refractivity contribution in [3.63, 3.8) is 0 Å². The van der Waals surface area contributed by atoms with Crippen molar-refractivity contribution in [3.05, 3.63) is 53.7 Å². The van der Waals surface area contributed by atoms with Gasteiger partial charge < -0.3 is 15.0 Å². The van der Waals surface area contributed by atoms with Gasteiger partial charge in [0.25, 0.3) is 0 Å². The first-order valence-corrected chi connectivity index (χ1v) is 7.11. The highest BCUT2D eigenvalue weighted by Crippen LogP contribution is 2.18. The molecule has 0 saturated heterocycles. The van der Waals surface area contributed by atoms with E-state index in [0.717, 1.165) is 22.7 Å². The molecule has 1 aromatic heterocycles. The van der Waals surface area contributed by atoms with E-state index in [1.165, 1.54) is 0 Å². The number of methoxy groups -OCH3 is 1. The lowest BCUT2D eigenvalue weighted by molar-refractivity contribution is -0.120. The van der Waals surface area contributed by atoms with Crippen LogP contribution in [-0.4, -0.2) is 32.1 Å². The van der Waals surface area contributed by atoms with Gasteiger partial charge in [-0.15, -0.1) is 0 Å². The van der Waals surface area contributed by atoms with Crippen molar-refractivity contribution in [2.24, 2.45) is 0 Å². The molecule has 0 unspecified atom stereocenters. The Bertz CT molecular complexity index is 641. The maximum atomic E-state index is 12.1. The van der Waals surface area contributed by atoms with Crippen molar-refractivity contribution in [3.8, 4) is 5.75 Å². The molecule has 0 bridgehead atoms. The highest BCUT2D eigenvalue weighted by Gasteiger charge is 2.10. The number of para-hydroxylation sites is 1. The number of benzene rings is 1. The summed E-state index contributed by atoms with van der Waals surface area (Å²) in [5.74, 6) is 1.55. The lowest BCUT2D eigenvalue weighted by Crippen LogP contribution is -2.26. The van der Waals surface area contributed by atoms with Crippen LogP contribution in [0.25, 0.3) is 0 Å². The van der Waals surface area contributed by atoms with Gasteiger partial charge in [-0.05, 0) is 12.1 Å². The minimum Gasteiger partial charge on any atom is -0.496 e. The van der Waals surface area contributed by atoms with Crippen LogP contribution in [0.2, 0.25) is 0 Å². The highest BCUT2D eigenvalue weighted by molar-refractivity contribution is 5.79. The van der Waals surface area contributed by atoms with E-state index in [1.54, 1.807) is 13.3 Å². The van der Waals surface area contributed by atoms with Crippen LogP contribution in [-0.2, 0) is 17.8 Å². The molecule has 0 saturated carbocycles. The number of amides is 1. The zero-order chi connectivity index (χ0) is 15.9. The van der Waals surface area contributed by atoms with Crippen molar-refractivity contribution in [2.75, 3.05) is 26.1 Å². The van der Waals surface area contributed by atoms with Gasteiger partial charge in [-0.1, -0.05) is 24.3 Å². The second-order valence-corrected chi connectivity index (χ2v) is 5.15. The molecule has 22 heavy (non-hydrogen) atoms. The lowest BCUT2D eigenvalue weighted by atomic mass is 10.1. The Morgan fingerprint density at radius 3 is 2.64 bits per heavy atom. The maximum absolute atomic E-state index is 12.1. The minimum absolute atomic E-state index is 0.0435. The van der Waals surface area contributed by atoms with Crippen LogP contribution in [0.4, 0.5) is 5.82 Å². The fourth-order valence-electron chi connectivity index (χ4n) is 2.25. The van der Waals surface area contributed by atoms with E-state index in [-0.39, 0.29) is 5.91 Å². The molecule has 0 radical (unpaired) electrons. The van der Waals surface area contributed by atoms with Crippen LogP contribution in [0.15, 0.2) is 42.6 Å². The molecule has 0 spiro atoms. The molecular weight excluding hydrogens is 278 g/mol. The first-order chi connectivity index (χ1) is 10.6. The maximum Gasteiger partial charge on any atom is 0.224 e. The first kappa shape index (κ1) is 15.8. The Hall–Kier alpha value is -2.56. The summed E-state index contributed by atoms with van der Waals surface area (Å²) in [7, 11) is 5.47. The Morgan fingerprint density at radius 1 is 1.18 bits per heavy atom. The summed E-state index contributed by atoms with van der Waals surface area (Å²) in [5.41, 5.74) is 1.86. The van der Waals surface area contributed by atoms with Crippen molar-refractivity contribution in [1.82, 2.24) is 10.3 Å². The predicted octanol–water partition coefficient (Wildman–Crippen LogP) is 2.02. The quantitative estimate of drug-likeness (QED) is 0.886. The number of aromatic nitrogens is 1. The average Bonchev–Trinajstić information content (AvgIpc) is 2.53. The summed E-state index contributed by atoms with van der Waals surface area (Å²) in [5, 5.41) is 2.93. The number of nitrogens with one attached hydrogen (secondary N) is 1. The van der Waals surface area contributed by atoms with Crippen molar-refractivity contribution in [1.29, 1.82) is 0 Å². The molecule has 0 aliphatic carbocycles. The fourth-order valence-corrected chi connectivity index (χ4v) is 2.25. The third-order valence-corrected chi connectivity index (χ3v) is 3.31. The van der Waals surface area contributed by atoms with Gasteiger partial charge in [0.1, 0.15) is 11.6 Å². The van der Waals surface area contributed by atoms with E-state index in [9.17, 15) is 4.79 Å². The molecule has 1 N–H and O–H groups in total. The summed E-state index contributed by atoms with van der Waals surface area (Å²) < 4.78 is 5.26. The molecule has 0 aliphatic heterocycles. The number of nitrogens with zero attached hydrogens (tertiary/aromatic N) is 2. The van der Waals surface area contributed by atoms with Gasteiger partial charge in [0, 0.05) is 38.0 Å². The molecule has 0 atom stereocenters. The highest BCUT2D eigenvalue weighted by atomic mass is 16.5. The van der Waals surface area contributed by atoms with Crippen LogP contribution in [0, 0.1) is 0 Å². The van der Waals surface area contributed by atoms with E-state index < -0.39 is 0 Å². The van der Waals surface area contributed by atoms with Gasteiger partial charge in [0.15, 0.2) is 0 Å². The van der Waals surface area contributed by atoms with Crippen molar-refractivity contribution in [2.45, 2.75) is 13.0 Å². The Labute approximate surface area is 130 Å². The second kappa shape index (κ2) is 7.45. The standard InChI is InChI=1S/C17H21N3O2/c1-20(2)17-14(8-6-10-18-17)12-19-16(21)11-13-7-4-5-9-15(13)22-3/h4-10H,11-12H2,1-3H3,(H,19,21). The Balaban J connectivity index is 1.99. The van der Waals surface area contributed by atoms with E-state index >= 15 is 0 Å². The van der Waals surface area contributed by atoms with Crippen LogP contribution < -0.4 is 15.0 Å². The van der Waals surface area contributed by atoms with Gasteiger partial charge in [-0.2, -0.15) is 0 Å². The summed E-state index contributed by atoms with van der Waals surface area (Å²) in [6.45, 7) is 0.454. The molecule has 116 valence electrons. The lowest BCUT2D eigenvalue weighted by Gasteiger charge is -2.16. The molecule has 1 amide bonds. The van der Waals surface area contributed by atoms with Crippen molar-refractivity contribution < 1.29 is 9.53 Å². The molecule has 0 aliphatic rings. The van der Waals surface area contributed by atoms with Crippen LogP contribution in [0.1, 0.15) is 11.1 Å². The monoisotopic (exact) mass is 299 g/mol. The minimum atomic E-state index is -0.0435. The third kappa shape index (κ3) is 3.97. The fraction of sp³-hybridized carbons (Fsp3) is 0.294. The van der Waals surface area contributed by atoms with Gasteiger partial charge in [0.2, 0.25) is 5.91 Å². The third-order valence-electron chi connectivity index (χ3n) is 3.31. The molecule has 1 heterocycles. The average molecular weight is 299 g/mol. The normalized spacial score (nSPS) is 10.1. The van der Waals surface area contributed by atoms with Gasteiger partial charge in [-0.3, -0.25) is 4.79 Å². The number of carbonyl (C=O) groups is 1. The predicted molar refractivity (Wildman–Crippen MR) is 87.1 cm³/mol. The molecule has 5 heteroatoms. The molecule has 1 aromatic carbocycles. The van der Waals surface area contributed by atoms with Gasteiger partial charge in [-0.25, -0.2) is 4.98 Å². The smallest absolute Gasteiger partial charge is 0.224 e. The Kier molecular flexibility index (Phi) is 5.36. The molecule has 0 fully saturated rings. The van der Waals surface area contributed by atoms with Gasteiger partial charge in [0.05, 0.1) is 13.5 Å². The van der Waals surface area contributed by atoms with E-state index in [0.29, 0.717) is 13.0 Å². The zero-order valence-electron chi connectivity index (χ0n) is 13.2. The van der Waals surface area contributed by atoms with Crippen LogP contribution in [0.3, 0.4) is 0 Å². The van der Waals surface area contributed by atoms with E-state index in [2.05, 4.69) is 10.3 Å². The SMILES string of the molecule is COc1ccccc1CC(=O)NCc1cccnc1N(C)C. The van der Waals surface area contributed by atoms with E-state index in [1.807, 2.05) is 55.4 Å². The Morgan fingerprint density at radius 2 is 1.91 bits per heavy atom. The molecule has 2 rings (SSSR count). The second-order valence-electron chi connectivity index (χ2n) is 5.15. The van der Waals surface area contributed by atoms with Gasteiger partial charge >= 0.3 is 0 Å². The topological polar surface area (TPSA) is 54.5 Å². The molecule has 2 aromatic rings. The first-order valence-electron chi connectivity index (χ1n) is 7.11. The number of pyridine rings is 1. The number of rotatable bonds is 6. The van der Waals surface area contributed by atoms with Crippen molar-refractivity contribution >= 4 is 11.7 Å². The molecular formula is C17H21N3O2. The zero-order valence-corrected chi connectivity index (χ0v) is 13.2. The van der Waals surface area contributed by atoms with Crippen LogP contribution >= 0.6 is 0 Å². The number of ether oxygens (including phenoxy) is 1. The summed E-state index contributed by atoms with van der Waals surface area (Å²) in [6.07, 6.45) is 2.04. The number of hydrogen-bond acceptors (Lipinski definition) is 4. The number of hydrogen-bond donors (Lipinski definition) is 1. The number of carbonyl (C=O) groups excluding carboxylic acids is 1. The summed E-state index contributed by atoms with van der Waals surface area (Å²) in [6, 6.07) is 11.4. The largest absolute Gasteiger partial charge is 0.496 e. The summed E-state index contributed by atoms with van der Waals surface area (Å²) >= 11 is 0. The number of anilines is 1. The van der Waals surface area contributed by atoms with Crippen LogP contribution in [0.5, 0.6) is 5.75 Å².